The van der Waals surface area contributed by atoms with Crippen molar-refractivity contribution in [3.8, 4) is 11.1 Å². The van der Waals surface area contributed by atoms with Gasteiger partial charge >= 0.3 is 27.8 Å². The zero-order valence-corrected chi connectivity index (χ0v) is 12.9. The summed E-state index contributed by atoms with van der Waals surface area (Å²) in [6, 6.07) is 4.57. The fourth-order valence-electron chi connectivity index (χ4n) is 2.17. The molecule has 0 spiro atoms. The van der Waals surface area contributed by atoms with Gasteiger partial charge in [-0.15, -0.1) is 4.52 Å². The van der Waals surface area contributed by atoms with Crippen LogP contribution in [0.3, 0.4) is 0 Å². The molecule has 122 valence electrons. The fourth-order valence-corrected chi connectivity index (χ4v) is 2.84. The normalized spacial score (nSPS) is 11.3. The predicted molar refractivity (Wildman–Crippen MR) is 75.1 cm³/mol. The highest BCUT2D eigenvalue weighted by atomic mass is 35.5. The number of carboxylic acids is 1. The lowest BCUT2D eigenvalue weighted by atomic mass is 10.1. The molecule has 3 heterocycles. The third kappa shape index (κ3) is 2.84. The molecule has 3 aromatic rings. The van der Waals surface area contributed by atoms with Crippen LogP contribution in [0.4, 0.5) is 5.95 Å². The summed E-state index contributed by atoms with van der Waals surface area (Å²) in [6.45, 7) is 0. The van der Waals surface area contributed by atoms with Crippen LogP contribution in [-0.4, -0.2) is 33.5 Å². The maximum Gasteiger partial charge on any atom is 0.354 e. The van der Waals surface area contributed by atoms with Gasteiger partial charge in [0.1, 0.15) is 6.20 Å². The van der Waals surface area contributed by atoms with E-state index < -0.39 is 21.9 Å². The van der Waals surface area contributed by atoms with Gasteiger partial charge in [0.05, 0.1) is 0 Å². The number of carboxylic acid groups (broad SMARTS) is 1. The minimum atomic E-state index is -4.22. The second kappa shape index (κ2) is 5.53. The third-order valence-electron chi connectivity index (χ3n) is 3.04. The van der Waals surface area contributed by atoms with Gasteiger partial charge in [0.25, 0.3) is 0 Å². The number of pyridine rings is 1. The number of aromatic nitrogens is 4. The van der Waals surface area contributed by atoms with Crippen LogP contribution < -0.4 is 27.8 Å². The molecular formula is C11H11ClN6O4S. The average molecular weight is 359 g/mol. The molecule has 12 heteroatoms. The molecule has 23 heavy (non-hydrogen) atoms. The van der Waals surface area contributed by atoms with Crippen molar-refractivity contribution in [1.29, 1.82) is 0 Å². The molecule has 3 aromatic heterocycles. The van der Waals surface area contributed by atoms with E-state index in [4.69, 9.17) is 10.9 Å². The van der Waals surface area contributed by atoms with Gasteiger partial charge in [-0.05, 0) is 12.1 Å². The Morgan fingerprint density at radius 2 is 2.04 bits per heavy atom. The summed E-state index contributed by atoms with van der Waals surface area (Å²) in [5.41, 5.74) is 6.28. The van der Waals surface area contributed by atoms with Gasteiger partial charge in [-0.2, -0.15) is 13.5 Å². The predicted octanol–water partition coefficient (Wildman–Crippen LogP) is -4.05. The lowest BCUT2D eigenvalue weighted by Crippen LogP contribution is -3.00. The van der Waals surface area contributed by atoms with Crippen molar-refractivity contribution < 1.29 is 35.2 Å². The number of hydrogen-bond acceptors (Lipinski definition) is 5. The van der Waals surface area contributed by atoms with Crippen LogP contribution in [0.2, 0.25) is 0 Å². The van der Waals surface area contributed by atoms with Gasteiger partial charge in [-0.3, -0.25) is 0 Å². The molecule has 0 fully saturated rings. The van der Waals surface area contributed by atoms with Gasteiger partial charge in [0, 0.05) is 28.4 Å². The molecule has 0 saturated carbocycles. The minimum absolute atomic E-state index is 0. The number of nitrogens with one attached hydrogen (secondary N) is 1. The number of nitrogens with zero attached hydrogens (tertiary/aromatic N) is 3. The zero-order valence-electron chi connectivity index (χ0n) is 11.3. The summed E-state index contributed by atoms with van der Waals surface area (Å²) in [6.07, 6.45) is 2.64. The average Bonchev–Trinajstić information content (AvgIpc) is 2.98. The van der Waals surface area contributed by atoms with E-state index in [0.717, 1.165) is 6.20 Å². The summed E-state index contributed by atoms with van der Waals surface area (Å²) in [5.74, 6) is -1.22. The molecular weight excluding hydrogens is 348 g/mol. The quantitative estimate of drug-likeness (QED) is 0.348. The largest absolute Gasteiger partial charge is 1.00 e. The van der Waals surface area contributed by atoms with Crippen LogP contribution in [0, 0.1) is 0 Å². The van der Waals surface area contributed by atoms with E-state index in [2.05, 4.69) is 10.1 Å². The Balaban J connectivity index is 0.00000192. The lowest BCUT2D eigenvalue weighted by Gasteiger charge is -2.04. The van der Waals surface area contributed by atoms with Gasteiger partial charge in [0.15, 0.2) is 5.69 Å². The van der Waals surface area contributed by atoms with Crippen LogP contribution in [0.15, 0.2) is 30.6 Å². The van der Waals surface area contributed by atoms with E-state index in [0.29, 0.717) is 15.2 Å². The van der Waals surface area contributed by atoms with Crippen molar-refractivity contribution in [2.24, 2.45) is 5.14 Å². The van der Waals surface area contributed by atoms with Crippen molar-refractivity contribution in [2.75, 3.05) is 5.73 Å². The van der Waals surface area contributed by atoms with Crippen molar-refractivity contribution in [1.82, 2.24) is 14.1 Å². The highest BCUT2D eigenvalue weighted by Crippen LogP contribution is 2.25. The number of aromatic amines is 1. The SMILES string of the molecule is Nc1nc2ccc(-c3ccn(S(N)(=O)=O)c3C(=O)O)c[n+]2[nH]1.[Cl-]. The van der Waals surface area contributed by atoms with E-state index in [1.54, 1.807) is 18.3 Å². The van der Waals surface area contributed by atoms with Crippen molar-refractivity contribution in [3.05, 3.63) is 36.3 Å². The molecule has 0 bridgehead atoms. The number of carbonyl (C=O) groups is 1. The highest BCUT2D eigenvalue weighted by Gasteiger charge is 2.24. The first kappa shape index (κ1) is 16.7. The van der Waals surface area contributed by atoms with Gasteiger partial charge in [-0.1, -0.05) is 0 Å². The van der Waals surface area contributed by atoms with Crippen molar-refractivity contribution in [2.45, 2.75) is 0 Å². The van der Waals surface area contributed by atoms with Gasteiger partial charge in [0.2, 0.25) is 0 Å². The minimum Gasteiger partial charge on any atom is -1.00 e. The van der Waals surface area contributed by atoms with Crippen molar-refractivity contribution in [3.63, 3.8) is 0 Å². The molecule has 0 saturated heterocycles. The summed E-state index contributed by atoms with van der Waals surface area (Å²) < 4.78 is 24.9. The Labute approximate surface area is 135 Å². The maximum absolute atomic E-state index is 11.5. The summed E-state index contributed by atoms with van der Waals surface area (Å²) in [4.78, 5) is 15.4. The molecule has 0 radical (unpaired) electrons. The van der Waals surface area contributed by atoms with E-state index in [1.165, 1.54) is 10.6 Å². The number of aromatic carboxylic acids is 1. The van der Waals surface area contributed by atoms with E-state index >= 15 is 0 Å². The maximum atomic E-state index is 11.5. The first-order valence-electron chi connectivity index (χ1n) is 5.92. The lowest BCUT2D eigenvalue weighted by molar-refractivity contribution is -0.575. The number of H-pyrrole nitrogens is 1. The number of rotatable bonds is 3. The van der Waals surface area contributed by atoms with Gasteiger partial charge < -0.3 is 23.2 Å². The topological polar surface area (TPSA) is 161 Å². The summed E-state index contributed by atoms with van der Waals surface area (Å²) in [7, 11) is -4.22. The van der Waals surface area contributed by atoms with E-state index in [9.17, 15) is 18.3 Å². The third-order valence-corrected chi connectivity index (χ3v) is 3.89. The molecule has 0 aliphatic rings. The Bertz CT molecular complexity index is 1010. The number of hydrogen-bond donors (Lipinski definition) is 4. The fraction of sp³-hybridized carbons (Fsp3) is 0. The molecule has 0 unspecified atom stereocenters. The molecule has 0 amide bonds. The van der Waals surface area contributed by atoms with E-state index in [-0.39, 0.29) is 23.9 Å². The zero-order chi connectivity index (χ0) is 16.1. The number of nitrogens with two attached hydrogens (primary N) is 2. The Morgan fingerprint density at radius 1 is 1.35 bits per heavy atom. The smallest absolute Gasteiger partial charge is 0.354 e. The van der Waals surface area contributed by atoms with Crippen LogP contribution >= 0.6 is 0 Å². The Kier molecular flexibility index (Phi) is 4.03. The Morgan fingerprint density at radius 3 is 2.65 bits per heavy atom. The molecule has 10 nitrogen and oxygen atoms in total. The molecule has 0 atom stereocenters. The van der Waals surface area contributed by atoms with Crippen LogP contribution in [0.5, 0.6) is 0 Å². The standard InChI is InChI=1S/C11H10N6O4S.ClH/c12-11-14-8-2-1-6(5-16(8)15-11)7-3-4-17(22(13,20)21)9(7)10(18)19;/h1-5H,(H5,12,13,15,18,19,20,21);1H. The van der Waals surface area contributed by atoms with Crippen LogP contribution in [0.1, 0.15) is 10.5 Å². The number of nitrogen functional groups attached to an aromatic ring is 1. The monoisotopic (exact) mass is 358 g/mol. The summed E-state index contributed by atoms with van der Waals surface area (Å²) >= 11 is 0. The first-order chi connectivity index (χ1) is 10.3. The first-order valence-corrected chi connectivity index (χ1v) is 7.43. The van der Waals surface area contributed by atoms with Crippen LogP contribution in [-0.2, 0) is 10.2 Å². The number of halogens is 1. The molecule has 0 aliphatic heterocycles. The number of fused-ring (bicyclic) bond motifs is 1. The van der Waals surface area contributed by atoms with Crippen LogP contribution in [0.25, 0.3) is 16.8 Å². The Hall–Kier alpha value is -2.63. The van der Waals surface area contributed by atoms with Crippen molar-refractivity contribution >= 4 is 27.8 Å². The van der Waals surface area contributed by atoms with E-state index in [1.807, 2.05) is 0 Å². The molecule has 0 aromatic carbocycles. The highest BCUT2D eigenvalue weighted by molar-refractivity contribution is 7.87. The van der Waals surface area contributed by atoms with Gasteiger partial charge in [-0.25, -0.2) is 13.9 Å². The molecule has 0 aliphatic carbocycles. The summed E-state index contributed by atoms with van der Waals surface area (Å²) in [5, 5.41) is 17.0. The number of anilines is 1. The second-order valence-electron chi connectivity index (χ2n) is 4.48. The second-order valence-corrected chi connectivity index (χ2v) is 5.90. The molecule has 3 rings (SSSR count). The molecule has 6 N–H and O–H groups in total.